The normalized spacial score (nSPS) is 14.4. The SMILES string of the molecule is CCC1CCOCC1.COc1ccc(-c2cn(C(=O)N(C)C3CCOCC3)cn2)cc1F.COc1ccc(-c2cn(C(=O)Oc3ccccc3)cn2)cc1F. The second-order valence-corrected chi connectivity index (χ2v) is 12.9. The molecule has 0 spiro atoms. The van der Waals surface area contributed by atoms with Crippen molar-refractivity contribution in [3.05, 3.63) is 103 Å². The lowest BCUT2D eigenvalue weighted by molar-refractivity contribution is 0.0528. The number of para-hydroxylation sites is 1. The summed E-state index contributed by atoms with van der Waals surface area (Å²) in [7, 11) is 4.59. The number of hydrogen-bond donors (Lipinski definition) is 0. The monoisotopic (exact) mass is 759 g/mol. The standard InChI is InChI=1S/C17H20FN3O3.C17H13FN2O3.C7H14O/c1-20(13-5-7-24-8-6-13)17(22)21-10-15(19-11-21)12-3-4-16(23-2)14(18)9-12;1-22-16-8-7-12(9-14(16)18)15-10-20(11-19-15)17(21)23-13-5-3-2-4-6-13;1-2-7-3-5-8-6-4-7/h3-4,9-11,13H,5-8H2,1-2H3;2-11H,1H3;7H,2-6H2,1H3. The van der Waals surface area contributed by atoms with Crippen LogP contribution in [0.25, 0.3) is 22.5 Å². The number of ether oxygens (including phenoxy) is 5. The molecule has 2 aliphatic rings. The predicted molar refractivity (Wildman–Crippen MR) is 202 cm³/mol. The minimum atomic E-state index is -0.594. The number of nitrogens with zero attached hydrogens (tertiary/aromatic N) is 5. The first-order valence-electron chi connectivity index (χ1n) is 18.2. The van der Waals surface area contributed by atoms with E-state index in [4.69, 9.17) is 23.7 Å². The van der Waals surface area contributed by atoms with Crippen molar-refractivity contribution >= 4 is 12.1 Å². The Kier molecular flexibility index (Phi) is 14.9. The molecule has 14 heteroatoms. The van der Waals surface area contributed by atoms with Gasteiger partial charge in [0.15, 0.2) is 23.1 Å². The van der Waals surface area contributed by atoms with Crippen molar-refractivity contribution < 1.29 is 42.1 Å². The van der Waals surface area contributed by atoms with E-state index in [-0.39, 0.29) is 23.6 Å². The van der Waals surface area contributed by atoms with Gasteiger partial charge in [0.05, 0.1) is 25.6 Å². The number of halogens is 2. The van der Waals surface area contributed by atoms with Gasteiger partial charge in [-0.2, -0.15) is 0 Å². The summed E-state index contributed by atoms with van der Waals surface area (Å²) in [6.07, 6.45) is 10.8. The summed E-state index contributed by atoms with van der Waals surface area (Å²) >= 11 is 0. The van der Waals surface area contributed by atoms with E-state index in [1.165, 1.54) is 79.7 Å². The molecule has 4 heterocycles. The molecule has 0 bridgehead atoms. The largest absolute Gasteiger partial charge is 0.494 e. The van der Waals surface area contributed by atoms with E-state index in [0.29, 0.717) is 41.5 Å². The quantitative estimate of drug-likeness (QED) is 0.161. The first kappa shape index (κ1) is 40.6. The molecule has 1 amide bonds. The van der Waals surface area contributed by atoms with Gasteiger partial charge in [-0.3, -0.25) is 4.57 Å². The van der Waals surface area contributed by atoms with Gasteiger partial charge in [0.1, 0.15) is 18.4 Å². The van der Waals surface area contributed by atoms with E-state index in [0.717, 1.165) is 32.0 Å². The number of carbonyl (C=O) groups is 2. The number of imidazole rings is 2. The van der Waals surface area contributed by atoms with Crippen molar-refractivity contribution in [2.24, 2.45) is 5.92 Å². The first-order valence-corrected chi connectivity index (χ1v) is 18.2. The third-order valence-corrected chi connectivity index (χ3v) is 9.40. The number of rotatable bonds is 7. The third-order valence-electron chi connectivity index (χ3n) is 9.40. The van der Waals surface area contributed by atoms with Gasteiger partial charge in [-0.15, -0.1) is 0 Å². The number of aromatic nitrogens is 4. The number of amides is 1. The minimum Gasteiger partial charge on any atom is -0.494 e. The second-order valence-electron chi connectivity index (χ2n) is 12.9. The molecule has 0 aliphatic carbocycles. The van der Waals surface area contributed by atoms with Crippen LogP contribution in [0.5, 0.6) is 17.2 Å². The molecule has 55 heavy (non-hydrogen) atoms. The van der Waals surface area contributed by atoms with Crippen molar-refractivity contribution in [2.45, 2.75) is 45.1 Å². The smallest absolute Gasteiger partial charge is 0.424 e. The molecule has 0 saturated carbocycles. The van der Waals surface area contributed by atoms with Crippen LogP contribution in [0.2, 0.25) is 0 Å². The maximum Gasteiger partial charge on any atom is 0.424 e. The number of benzene rings is 3. The summed E-state index contributed by atoms with van der Waals surface area (Å²) in [6.45, 7) is 5.60. The lowest BCUT2D eigenvalue weighted by Gasteiger charge is -2.30. The van der Waals surface area contributed by atoms with Crippen LogP contribution >= 0.6 is 0 Å². The lowest BCUT2D eigenvalue weighted by Crippen LogP contribution is -2.42. The highest BCUT2D eigenvalue weighted by Gasteiger charge is 2.24. The first-order chi connectivity index (χ1) is 26.7. The molecule has 2 aromatic heterocycles. The van der Waals surface area contributed by atoms with E-state index >= 15 is 0 Å². The van der Waals surface area contributed by atoms with Crippen LogP contribution in [0.15, 0.2) is 91.8 Å². The molecule has 0 N–H and O–H groups in total. The molecule has 0 radical (unpaired) electrons. The topological polar surface area (TPSA) is 119 Å². The highest BCUT2D eigenvalue weighted by Crippen LogP contribution is 2.26. The van der Waals surface area contributed by atoms with E-state index in [1.54, 1.807) is 60.6 Å². The van der Waals surface area contributed by atoms with Gasteiger partial charge in [0.2, 0.25) is 0 Å². The molecule has 0 atom stereocenters. The van der Waals surface area contributed by atoms with Crippen molar-refractivity contribution in [3.8, 4) is 39.8 Å². The number of hydrogen-bond acceptors (Lipinski definition) is 9. The molecule has 7 rings (SSSR count). The highest BCUT2D eigenvalue weighted by atomic mass is 19.1. The average molecular weight is 760 g/mol. The molecule has 2 saturated heterocycles. The maximum absolute atomic E-state index is 13.8. The molecule has 5 aromatic rings. The summed E-state index contributed by atoms with van der Waals surface area (Å²) in [5.41, 5.74) is 2.12. The van der Waals surface area contributed by atoms with Crippen LogP contribution in [0.4, 0.5) is 18.4 Å². The fourth-order valence-electron chi connectivity index (χ4n) is 6.01. The molecule has 0 unspecified atom stereocenters. The lowest BCUT2D eigenvalue weighted by atomic mass is 9.98. The Hall–Kier alpha value is -5.60. The van der Waals surface area contributed by atoms with E-state index < -0.39 is 17.7 Å². The zero-order valence-electron chi connectivity index (χ0n) is 31.5. The van der Waals surface area contributed by atoms with Gasteiger partial charge in [-0.25, -0.2) is 32.9 Å². The Bertz CT molecular complexity index is 1970. The maximum atomic E-state index is 13.8. The Balaban J connectivity index is 0.000000176. The summed E-state index contributed by atoms with van der Waals surface area (Å²) < 4.78 is 55.7. The van der Waals surface area contributed by atoms with E-state index in [2.05, 4.69) is 16.9 Å². The van der Waals surface area contributed by atoms with Gasteiger partial charge in [0, 0.05) is 63.0 Å². The summed E-state index contributed by atoms with van der Waals surface area (Å²) in [4.78, 5) is 34.6. The molecular formula is C41H47F2N5O7. The van der Waals surface area contributed by atoms with Crippen LogP contribution < -0.4 is 14.2 Å². The zero-order chi connectivity index (χ0) is 39.2. The highest BCUT2D eigenvalue weighted by molar-refractivity contribution is 5.78. The van der Waals surface area contributed by atoms with Crippen LogP contribution in [-0.2, 0) is 9.47 Å². The van der Waals surface area contributed by atoms with Crippen LogP contribution in [0, 0.1) is 17.6 Å². The molecule has 3 aromatic carbocycles. The van der Waals surface area contributed by atoms with Crippen molar-refractivity contribution in [2.75, 3.05) is 47.7 Å². The van der Waals surface area contributed by atoms with Crippen molar-refractivity contribution in [3.63, 3.8) is 0 Å². The minimum absolute atomic E-state index is 0.150. The zero-order valence-corrected chi connectivity index (χ0v) is 31.5. The predicted octanol–water partition coefficient (Wildman–Crippen LogP) is 8.34. The Morgan fingerprint density at radius 1 is 0.764 bits per heavy atom. The van der Waals surface area contributed by atoms with E-state index in [1.807, 2.05) is 6.07 Å². The van der Waals surface area contributed by atoms with Gasteiger partial charge >= 0.3 is 12.1 Å². The number of carbonyl (C=O) groups excluding carboxylic acids is 2. The van der Waals surface area contributed by atoms with Crippen LogP contribution in [-0.4, -0.2) is 89.9 Å². The third kappa shape index (κ3) is 11.2. The van der Waals surface area contributed by atoms with Gasteiger partial charge in [-0.1, -0.05) is 31.5 Å². The fourth-order valence-corrected chi connectivity index (χ4v) is 6.01. The van der Waals surface area contributed by atoms with Gasteiger partial charge < -0.3 is 28.6 Å². The number of methoxy groups -OCH3 is 2. The summed E-state index contributed by atoms with van der Waals surface area (Å²) in [5, 5.41) is 0. The second kappa shape index (κ2) is 20.2. The van der Waals surface area contributed by atoms with Crippen LogP contribution in [0.1, 0.15) is 39.0 Å². The fraction of sp³-hybridized carbons (Fsp3) is 0.366. The van der Waals surface area contributed by atoms with Crippen molar-refractivity contribution in [1.29, 1.82) is 0 Å². The van der Waals surface area contributed by atoms with Crippen LogP contribution in [0.3, 0.4) is 0 Å². The van der Waals surface area contributed by atoms with Crippen molar-refractivity contribution in [1.82, 2.24) is 24.0 Å². The van der Waals surface area contributed by atoms with E-state index in [9.17, 15) is 18.4 Å². The Morgan fingerprint density at radius 2 is 1.27 bits per heavy atom. The summed E-state index contributed by atoms with van der Waals surface area (Å²) in [6, 6.07) is 17.8. The molecule has 2 aliphatic heterocycles. The van der Waals surface area contributed by atoms with Gasteiger partial charge in [0.25, 0.3) is 0 Å². The molecule has 12 nitrogen and oxygen atoms in total. The average Bonchev–Trinajstić information content (AvgIpc) is 3.94. The molecule has 2 fully saturated rings. The Labute approximate surface area is 319 Å². The van der Waals surface area contributed by atoms with Gasteiger partial charge in [-0.05, 0) is 80.1 Å². The summed E-state index contributed by atoms with van der Waals surface area (Å²) in [5.74, 6) is 0.763. The molecular weight excluding hydrogens is 712 g/mol. The molecule has 292 valence electrons. The Morgan fingerprint density at radius 3 is 1.76 bits per heavy atom.